The van der Waals surface area contributed by atoms with Crippen molar-refractivity contribution in [1.82, 2.24) is 15.2 Å². The molecule has 0 aliphatic carbocycles. The van der Waals surface area contributed by atoms with Crippen molar-refractivity contribution in [2.24, 2.45) is 0 Å². The van der Waals surface area contributed by atoms with E-state index in [4.69, 9.17) is 19.2 Å². The monoisotopic (exact) mass is 411 g/mol. The highest BCUT2D eigenvalue weighted by Gasteiger charge is 2.19. The molecule has 1 N–H and O–H groups in total. The van der Waals surface area contributed by atoms with Crippen LogP contribution in [-0.2, 0) is 0 Å². The lowest BCUT2D eigenvalue weighted by molar-refractivity contribution is 0.356. The van der Waals surface area contributed by atoms with E-state index in [0.717, 1.165) is 44.4 Å². The van der Waals surface area contributed by atoms with Crippen LogP contribution in [0.1, 0.15) is 0 Å². The molecule has 0 unspecified atom stereocenters. The minimum atomic E-state index is 0.643. The van der Waals surface area contributed by atoms with Crippen LogP contribution in [0.15, 0.2) is 66.7 Å². The van der Waals surface area contributed by atoms with E-state index in [1.165, 1.54) is 0 Å². The number of H-pyrrole nitrogens is 1. The van der Waals surface area contributed by atoms with Gasteiger partial charge in [-0.2, -0.15) is 5.10 Å². The van der Waals surface area contributed by atoms with Gasteiger partial charge in [-0.3, -0.25) is 5.10 Å². The number of nitrogens with zero attached hydrogens (tertiary/aromatic N) is 2. The molecule has 5 rings (SSSR count). The third-order valence-electron chi connectivity index (χ3n) is 5.44. The third kappa shape index (κ3) is 3.13. The number of methoxy groups -OCH3 is 3. The highest BCUT2D eigenvalue weighted by Crippen LogP contribution is 2.41. The highest BCUT2D eigenvalue weighted by atomic mass is 16.5. The molecule has 0 aliphatic heterocycles. The molecule has 154 valence electrons. The normalized spacial score (nSPS) is 11.1. The molecule has 0 aliphatic rings. The van der Waals surface area contributed by atoms with Gasteiger partial charge in [-0.1, -0.05) is 30.3 Å². The predicted octanol–water partition coefficient (Wildman–Crippen LogP) is 5.47. The standard InChI is InChI=1S/C25H21N3O3/c1-29-17-11-9-16(10-12-17)23-19-14-21(31-3)20(30-2)13-18(19)22-24(27-28-25(22)26-23)15-7-5-4-6-8-15/h4-14H,1-3H3,(H,26,27,28). The summed E-state index contributed by atoms with van der Waals surface area (Å²) in [5, 5.41) is 10.6. The Kier molecular flexibility index (Phi) is 4.67. The lowest BCUT2D eigenvalue weighted by Crippen LogP contribution is -1.94. The van der Waals surface area contributed by atoms with Crippen LogP contribution in [0.3, 0.4) is 0 Å². The minimum absolute atomic E-state index is 0.643. The zero-order valence-electron chi connectivity index (χ0n) is 17.5. The van der Waals surface area contributed by atoms with Crippen LogP contribution in [0.4, 0.5) is 0 Å². The van der Waals surface area contributed by atoms with E-state index >= 15 is 0 Å². The van der Waals surface area contributed by atoms with Crippen molar-refractivity contribution in [3.05, 3.63) is 66.7 Å². The molecule has 6 nitrogen and oxygen atoms in total. The molecular weight excluding hydrogens is 390 g/mol. The fraction of sp³-hybridized carbons (Fsp3) is 0.120. The van der Waals surface area contributed by atoms with Crippen LogP contribution < -0.4 is 14.2 Å². The first-order chi connectivity index (χ1) is 15.2. The van der Waals surface area contributed by atoms with Gasteiger partial charge in [-0.25, -0.2) is 4.98 Å². The molecule has 0 bridgehead atoms. The number of ether oxygens (including phenoxy) is 3. The number of fused-ring (bicyclic) bond motifs is 3. The number of hydrogen-bond acceptors (Lipinski definition) is 5. The van der Waals surface area contributed by atoms with Crippen molar-refractivity contribution in [3.63, 3.8) is 0 Å². The third-order valence-corrected chi connectivity index (χ3v) is 5.44. The summed E-state index contributed by atoms with van der Waals surface area (Å²) >= 11 is 0. The van der Waals surface area contributed by atoms with Crippen molar-refractivity contribution >= 4 is 21.8 Å². The maximum Gasteiger partial charge on any atom is 0.182 e. The van der Waals surface area contributed by atoms with Gasteiger partial charge in [0.15, 0.2) is 17.1 Å². The maximum absolute atomic E-state index is 5.60. The second kappa shape index (κ2) is 7.65. The van der Waals surface area contributed by atoms with Gasteiger partial charge in [-0.05, 0) is 36.4 Å². The van der Waals surface area contributed by atoms with Gasteiger partial charge >= 0.3 is 0 Å². The van der Waals surface area contributed by atoms with Gasteiger partial charge in [0, 0.05) is 21.9 Å². The van der Waals surface area contributed by atoms with Crippen LogP contribution >= 0.6 is 0 Å². The second-order valence-electron chi connectivity index (χ2n) is 7.10. The van der Waals surface area contributed by atoms with Crippen LogP contribution in [0.25, 0.3) is 44.3 Å². The van der Waals surface area contributed by atoms with E-state index in [-0.39, 0.29) is 0 Å². The van der Waals surface area contributed by atoms with E-state index in [1.54, 1.807) is 21.3 Å². The van der Waals surface area contributed by atoms with E-state index in [2.05, 4.69) is 22.3 Å². The van der Waals surface area contributed by atoms with Crippen LogP contribution in [-0.4, -0.2) is 36.5 Å². The number of benzene rings is 3. The summed E-state index contributed by atoms with van der Waals surface area (Å²) in [6.45, 7) is 0. The number of nitrogens with one attached hydrogen (secondary N) is 1. The zero-order valence-corrected chi connectivity index (χ0v) is 17.5. The fourth-order valence-electron chi connectivity index (χ4n) is 3.90. The molecule has 0 atom stereocenters. The van der Waals surface area contributed by atoms with Gasteiger partial charge in [0.1, 0.15) is 5.75 Å². The van der Waals surface area contributed by atoms with Crippen molar-refractivity contribution in [2.45, 2.75) is 0 Å². The summed E-state index contributed by atoms with van der Waals surface area (Å²) in [7, 11) is 4.93. The molecule has 31 heavy (non-hydrogen) atoms. The Morgan fingerprint density at radius 2 is 1.39 bits per heavy atom. The van der Waals surface area contributed by atoms with Gasteiger partial charge in [0.25, 0.3) is 0 Å². The van der Waals surface area contributed by atoms with E-state index in [0.29, 0.717) is 17.1 Å². The highest BCUT2D eigenvalue weighted by molar-refractivity contribution is 6.15. The Bertz CT molecular complexity index is 1380. The molecule has 2 heterocycles. The number of aromatic amines is 1. The first-order valence-electron chi connectivity index (χ1n) is 9.87. The first kappa shape index (κ1) is 18.9. The van der Waals surface area contributed by atoms with Crippen LogP contribution in [0.5, 0.6) is 17.2 Å². The smallest absolute Gasteiger partial charge is 0.182 e. The van der Waals surface area contributed by atoms with Crippen molar-refractivity contribution < 1.29 is 14.2 Å². The van der Waals surface area contributed by atoms with E-state index in [9.17, 15) is 0 Å². The Morgan fingerprint density at radius 3 is 2.03 bits per heavy atom. The fourth-order valence-corrected chi connectivity index (χ4v) is 3.90. The molecule has 0 fully saturated rings. The molecule has 6 heteroatoms. The van der Waals surface area contributed by atoms with Gasteiger partial charge in [-0.15, -0.1) is 0 Å². The quantitative estimate of drug-likeness (QED) is 0.415. The van der Waals surface area contributed by atoms with Gasteiger partial charge in [0.05, 0.1) is 38.1 Å². The molecule has 5 aromatic rings. The maximum atomic E-state index is 5.60. The second-order valence-corrected chi connectivity index (χ2v) is 7.10. The molecule has 2 aromatic heterocycles. The Hall–Kier alpha value is -4.06. The summed E-state index contributed by atoms with van der Waals surface area (Å²) < 4.78 is 16.5. The summed E-state index contributed by atoms with van der Waals surface area (Å²) in [5.41, 5.74) is 4.38. The number of aromatic nitrogens is 3. The molecular formula is C25H21N3O3. The summed E-state index contributed by atoms with van der Waals surface area (Å²) in [5.74, 6) is 2.10. The SMILES string of the molecule is COc1ccc(-c2nc3n[nH]c(-c4ccccc4)c3c3cc(OC)c(OC)cc23)cc1. The number of pyridine rings is 1. The molecule has 0 spiro atoms. The van der Waals surface area contributed by atoms with Crippen molar-refractivity contribution in [3.8, 4) is 39.8 Å². The summed E-state index contributed by atoms with van der Waals surface area (Å²) in [6, 6.07) is 21.9. The molecule has 0 amide bonds. The van der Waals surface area contributed by atoms with Crippen molar-refractivity contribution in [2.75, 3.05) is 21.3 Å². The van der Waals surface area contributed by atoms with E-state index < -0.39 is 0 Å². The van der Waals surface area contributed by atoms with Gasteiger partial charge < -0.3 is 14.2 Å². The largest absolute Gasteiger partial charge is 0.497 e. The minimum Gasteiger partial charge on any atom is -0.497 e. The zero-order chi connectivity index (χ0) is 21.4. The number of hydrogen-bond donors (Lipinski definition) is 1. The molecule has 0 saturated heterocycles. The van der Waals surface area contributed by atoms with Gasteiger partial charge in [0.2, 0.25) is 0 Å². The molecule has 3 aromatic carbocycles. The first-order valence-corrected chi connectivity index (χ1v) is 9.87. The topological polar surface area (TPSA) is 69.3 Å². The lowest BCUT2D eigenvalue weighted by Gasteiger charge is -2.13. The average Bonchev–Trinajstić information content (AvgIpc) is 3.27. The molecule has 0 radical (unpaired) electrons. The van der Waals surface area contributed by atoms with Crippen molar-refractivity contribution in [1.29, 1.82) is 0 Å². The van der Waals surface area contributed by atoms with Crippen LogP contribution in [0.2, 0.25) is 0 Å². The summed E-state index contributed by atoms with van der Waals surface area (Å²) in [6.07, 6.45) is 0. The predicted molar refractivity (Wildman–Crippen MR) is 122 cm³/mol. The average molecular weight is 411 g/mol. The Morgan fingerprint density at radius 1 is 0.710 bits per heavy atom. The van der Waals surface area contributed by atoms with Crippen LogP contribution in [0, 0.1) is 0 Å². The Balaban J connectivity index is 1.87. The lowest BCUT2D eigenvalue weighted by atomic mass is 9.98. The van der Waals surface area contributed by atoms with E-state index in [1.807, 2.05) is 54.6 Å². The summed E-state index contributed by atoms with van der Waals surface area (Å²) in [4.78, 5) is 4.93. The Labute approximate surface area is 179 Å². The molecule has 0 saturated carbocycles. The number of rotatable bonds is 5.